The normalized spacial score (nSPS) is 15.1. The SMILES string of the molecule is CN1CCN(CCCNC(=O)Nc2ccc(-c3cccc(C(N)=O)c3)cc2)CC1. The van der Waals surface area contributed by atoms with Gasteiger partial charge in [-0.1, -0.05) is 24.3 Å². The van der Waals surface area contributed by atoms with E-state index in [0.717, 1.165) is 56.0 Å². The fourth-order valence-electron chi connectivity index (χ4n) is 3.35. The molecule has 0 atom stereocenters. The molecule has 0 bridgehead atoms. The third-order valence-electron chi connectivity index (χ3n) is 5.16. The quantitative estimate of drug-likeness (QED) is 0.627. The Morgan fingerprint density at radius 3 is 2.41 bits per heavy atom. The molecule has 0 aromatic heterocycles. The lowest BCUT2D eigenvalue weighted by atomic mass is 10.0. The van der Waals surface area contributed by atoms with Crippen molar-refractivity contribution in [3.63, 3.8) is 0 Å². The lowest BCUT2D eigenvalue weighted by Gasteiger charge is -2.32. The summed E-state index contributed by atoms with van der Waals surface area (Å²) in [4.78, 5) is 28.2. The fourth-order valence-corrected chi connectivity index (χ4v) is 3.35. The Labute approximate surface area is 171 Å². The van der Waals surface area contributed by atoms with Crippen LogP contribution in [0.4, 0.5) is 10.5 Å². The van der Waals surface area contributed by atoms with Crippen LogP contribution >= 0.6 is 0 Å². The number of likely N-dealkylation sites (N-methyl/N-ethyl adjacent to an activating group) is 1. The number of hydrogen-bond donors (Lipinski definition) is 3. The zero-order valence-corrected chi connectivity index (χ0v) is 16.9. The molecule has 154 valence electrons. The average Bonchev–Trinajstić information content (AvgIpc) is 2.73. The van der Waals surface area contributed by atoms with Crippen LogP contribution in [-0.2, 0) is 0 Å². The zero-order valence-electron chi connectivity index (χ0n) is 16.9. The second-order valence-electron chi connectivity index (χ2n) is 7.40. The molecule has 4 N–H and O–H groups in total. The van der Waals surface area contributed by atoms with Crippen molar-refractivity contribution in [2.24, 2.45) is 5.73 Å². The average molecular weight is 396 g/mol. The minimum atomic E-state index is -0.450. The van der Waals surface area contributed by atoms with E-state index in [1.54, 1.807) is 18.2 Å². The molecular formula is C22H29N5O2. The summed E-state index contributed by atoms with van der Waals surface area (Å²) in [5, 5.41) is 5.76. The van der Waals surface area contributed by atoms with Gasteiger partial charge in [0, 0.05) is 44.0 Å². The largest absolute Gasteiger partial charge is 0.366 e. The highest BCUT2D eigenvalue weighted by molar-refractivity contribution is 5.94. The molecule has 3 rings (SSSR count). The van der Waals surface area contributed by atoms with Gasteiger partial charge < -0.3 is 26.2 Å². The maximum Gasteiger partial charge on any atom is 0.319 e. The third kappa shape index (κ3) is 6.30. The molecule has 0 aliphatic carbocycles. The maximum atomic E-state index is 12.1. The second-order valence-corrected chi connectivity index (χ2v) is 7.40. The lowest BCUT2D eigenvalue weighted by molar-refractivity contribution is 0.100. The Balaban J connectivity index is 1.43. The van der Waals surface area contributed by atoms with E-state index in [4.69, 9.17) is 5.73 Å². The van der Waals surface area contributed by atoms with E-state index in [-0.39, 0.29) is 6.03 Å². The zero-order chi connectivity index (χ0) is 20.6. The number of hydrogen-bond acceptors (Lipinski definition) is 4. The predicted molar refractivity (Wildman–Crippen MR) is 116 cm³/mol. The summed E-state index contributed by atoms with van der Waals surface area (Å²) >= 11 is 0. The van der Waals surface area contributed by atoms with Crippen LogP contribution in [0.25, 0.3) is 11.1 Å². The molecule has 0 saturated carbocycles. The van der Waals surface area contributed by atoms with Gasteiger partial charge in [0.05, 0.1) is 0 Å². The predicted octanol–water partition coefficient (Wildman–Crippen LogP) is 2.21. The summed E-state index contributed by atoms with van der Waals surface area (Å²) in [5.74, 6) is -0.450. The van der Waals surface area contributed by atoms with Crippen molar-refractivity contribution in [1.82, 2.24) is 15.1 Å². The molecule has 7 nitrogen and oxygen atoms in total. The molecule has 0 radical (unpaired) electrons. The van der Waals surface area contributed by atoms with Crippen molar-refractivity contribution >= 4 is 17.6 Å². The van der Waals surface area contributed by atoms with Gasteiger partial charge in [0.15, 0.2) is 0 Å². The Bertz CT molecular complexity index is 829. The van der Waals surface area contributed by atoms with Gasteiger partial charge in [-0.3, -0.25) is 4.79 Å². The maximum absolute atomic E-state index is 12.1. The molecule has 1 fully saturated rings. The summed E-state index contributed by atoms with van der Waals surface area (Å²) < 4.78 is 0. The fraction of sp³-hybridized carbons (Fsp3) is 0.364. The van der Waals surface area contributed by atoms with Crippen molar-refractivity contribution in [3.8, 4) is 11.1 Å². The van der Waals surface area contributed by atoms with Crippen LogP contribution < -0.4 is 16.4 Å². The third-order valence-corrected chi connectivity index (χ3v) is 5.16. The summed E-state index contributed by atoms with van der Waals surface area (Å²) in [6.45, 7) is 6.06. The number of piperazine rings is 1. The van der Waals surface area contributed by atoms with E-state index in [1.807, 2.05) is 30.3 Å². The minimum Gasteiger partial charge on any atom is -0.366 e. The van der Waals surface area contributed by atoms with Crippen molar-refractivity contribution < 1.29 is 9.59 Å². The van der Waals surface area contributed by atoms with Crippen LogP contribution in [0.2, 0.25) is 0 Å². The van der Waals surface area contributed by atoms with Gasteiger partial charge in [0.1, 0.15) is 0 Å². The number of anilines is 1. The number of nitrogens with one attached hydrogen (secondary N) is 2. The number of carbonyl (C=O) groups is 2. The van der Waals surface area contributed by atoms with E-state index >= 15 is 0 Å². The molecule has 1 heterocycles. The van der Waals surface area contributed by atoms with Crippen LogP contribution in [0.15, 0.2) is 48.5 Å². The molecule has 2 aromatic carbocycles. The number of amides is 3. The number of urea groups is 1. The number of carbonyl (C=O) groups excluding carboxylic acids is 2. The van der Waals surface area contributed by atoms with Gasteiger partial charge in [0.2, 0.25) is 5.91 Å². The topological polar surface area (TPSA) is 90.7 Å². The van der Waals surface area contributed by atoms with Gasteiger partial charge in [0.25, 0.3) is 0 Å². The molecule has 1 aliphatic heterocycles. The Morgan fingerprint density at radius 2 is 1.72 bits per heavy atom. The first-order valence-electron chi connectivity index (χ1n) is 9.97. The number of nitrogens with two attached hydrogens (primary N) is 1. The highest BCUT2D eigenvalue weighted by atomic mass is 16.2. The van der Waals surface area contributed by atoms with Gasteiger partial charge in [-0.15, -0.1) is 0 Å². The Kier molecular flexibility index (Phi) is 7.21. The monoisotopic (exact) mass is 395 g/mol. The van der Waals surface area contributed by atoms with E-state index in [1.165, 1.54) is 0 Å². The van der Waals surface area contributed by atoms with Crippen LogP contribution in [0.5, 0.6) is 0 Å². The van der Waals surface area contributed by atoms with Crippen molar-refractivity contribution in [3.05, 3.63) is 54.1 Å². The lowest BCUT2D eigenvalue weighted by Crippen LogP contribution is -2.45. The molecule has 1 aliphatic rings. The molecule has 0 spiro atoms. The first kappa shape index (κ1) is 20.8. The first-order chi connectivity index (χ1) is 14.0. The first-order valence-corrected chi connectivity index (χ1v) is 9.97. The molecule has 2 aromatic rings. The number of benzene rings is 2. The smallest absolute Gasteiger partial charge is 0.319 e. The van der Waals surface area contributed by atoms with E-state index in [2.05, 4.69) is 27.5 Å². The molecule has 3 amide bonds. The number of primary amides is 1. The van der Waals surface area contributed by atoms with Gasteiger partial charge >= 0.3 is 6.03 Å². The van der Waals surface area contributed by atoms with Gasteiger partial charge in [-0.05, 0) is 55.4 Å². The van der Waals surface area contributed by atoms with Crippen LogP contribution in [0.1, 0.15) is 16.8 Å². The molecule has 0 unspecified atom stereocenters. The highest BCUT2D eigenvalue weighted by Crippen LogP contribution is 2.22. The molecule has 29 heavy (non-hydrogen) atoms. The molecule has 1 saturated heterocycles. The molecule has 7 heteroatoms. The summed E-state index contributed by atoms with van der Waals surface area (Å²) in [5.41, 5.74) is 8.39. The second kappa shape index (κ2) is 10.0. The van der Waals surface area contributed by atoms with E-state index in [9.17, 15) is 9.59 Å². The van der Waals surface area contributed by atoms with Crippen molar-refractivity contribution in [2.75, 3.05) is 51.6 Å². The minimum absolute atomic E-state index is 0.202. The Morgan fingerprint density at radius 1 is 1.00 bits per heavy atom. The summed E-state index contributed by atoms with van der Waals surface area (Å²) in [7, 11) is 2.15. The van der Waals surface area contributed by atoms with E-state index in [0.29, 0.717) is 12.1 Å². The van der Waals surface area contributed by atoms with Crippen LogP contribution in [0, 0.1) is 0 Å². The van der Waals surface area contributed by atoms with Crippen molar-refractivity contribution in [2.45, 2.75) is 6.42 Å². The summed E-state index contributed by atoms with van der Waals surface area (Å²) in [6, 6.07) is 14.5. The number of rotatable bonds is 7. The summed E-state index contributed by atoms with van der Waals surface area (Å²) in [6.07, 6.45) is 0.937. The number of nitrogens with zero attached hydrogens (tertiary/aromatic N) is 2. The van der Waals surface area contributed by atoms with Crippen molar-refractivity contribution in [1.29, 1.82) is 0 Å². The van der Waals surface area contributed by atoms with E-state index < -0.39 is 5.91 Å². The Hall–Kier alpha value is -2.90. The van der Waals surface area contributed by atoms with Crippen LogP contribution in [-0.4, -0.2) is 68.1 Å². The van der Waals surface area contributed by atoms with Crippen LogP contribution in [0.3, 0.4) is 0 Å². The molecular weight excluding hydrogens is 366 g/mol. The standard InChI is InChI=1S/C22H29N5O2/c1-26-12-14-27(15-13-26)11-3-10-24-22(29)25-20-8-6-17(7-9-20)18-4-2-5-19(16-18)21(23)28/h2,4-9,16H,3,10-15H2,1H3,(H2,23,28)(H2,24,25,29). The van der Waals surface area contributed by atoms with Gasteiger partial charge in [-0.2, -0.15) is 0 Å². The highest BCUT2D eigenvalue weighted by Gasteiger charge is 2.13. The van der Waals surface area contributed by atoms with Gasteiger partial charge in [-0.25, -0.2) is 4.79 Å².